The predicted octanol–water partition coefficient (Wildman–Crippen LogP) is 1.73. The Morgan fingerprint density at radius 2 is 2.25 bits per heavy atom. The molecule has 1 heterocycles. The van der Waals surface area contributed by atoms with Crippen LogP contribution in [0.3, 0.4) is 0 Å². The highest BCUT2D eigenvalue weighted by molar-refractivity contribution is 9.10. The number of ether oxygens (including phenoxy) is 1. The molecule has 1 rings (SSSR count). The number of aryl methyl sites for hydroxylation is 1. The highest BCUT2D eigenvalue weighted by Gasteiger charge is 2.03. The van der Waals surface area contributed by atoms with Crippen molar-refractivity contribution in [3.63, 3.8) is 0 Å². The number of hydrogen-bond acceptors (Lipinski definition) is 3. The highest BCUT2D eigenvalue weighted by atomic mass is 79.9. The first-order valence-electron chi connectivity index (χ1n) is 3.88. The Kier molecular flexibility index (Phi) is 3.68. The number of rotatable bonds is 4. The maximum absolute atomic E-state index is 5.34. The second-order valence-corrected chi connectivity index (χ2v) is 3.19. The molecule has 0 aliphatic carbocycles. The number of hydrogen-bond donors (Lipinski definition) is 0. The summed E-state index contributed by atoms with van der Waals surface area (Å²) in [6, 6.07) is 0. The first-order valence-corrected chi connectivity index (χ1v) is 4.68. The first kappa shape index (κ1) is 9.67. The zero-order chi connectivity index (χ0) is 8.97. The van der Waals surface area contributed by atoms with Crippen LogP contribution in [0, 0.1) is 6.92 Å². The molecule has 68 valence electrons. The van der Waals surface area contributed by atoms with Crippen LogP contribution in [0.25, 0.3) is 0 Å². The van der Waals surface area contributed by atoms with Gasteiger partial charge in [0, 0.05) is 6.61 Å². The van der Waals surface area contributed by atoms with Gasteiger partial charge in [-0.15, -0.1) is 10.2 Å². The van der Waals surface area contributed by atoms with E-state index in [-0.39, 0.29) is 0 Å². The van der Waals surface area contributed by atoms with E-state index in [4.69, 9.17) is 4.74 Å². The van der Waals surface area contributed by atoms with E-state index in [2.05, 4.69) is 33.1 Å². The van der Waals surface area contributed by atoms with Crippen LogP contribution in [-0.2, 0) is 11.5 Å². The Hall–Kier alpha value is -0.420. The molecular weight excluding hydrogens is 222 g/mol. The van der Waals surface area contributed by atoms with Crippen LogP contribution >= 0.6 is 15.9 Å². The van der Waals surface area contributed by atoms with Gasteiger partial charge in [0.2, 0.25) is 4.73 Å². The Morgan fingerprint density at radius 3 is 2.75 bits per heavy atom. The highest BCUT2D eigenvalue weighted by Crippen LogP contribution is 2.07. The summed E-state index contributed by atoms with van der Waals surface area (Å²) in [5.41, 5.74) is 0. The molecule has 0 atom stereocenters. The summed E-state index contributed by atoms with van der Waals surface area (Å²) < 4.78 is 7.93. The lowest BCUT2D eigenvalue weighted by Gasteiger charge is -2.05. The molecule has 0 saturated carbocycles. The van der Waals surface area contributed by atoms with Gasteiger partial charge in [0.1, 0.15) is 12.6 Å². The molecule has 4 nitrogen and oxygen atoms in total. The van der Waals surface area contributed by atoms with Gasteiger partial charge in [-0.25, -0.2) is 0 Å². The minimum atomic E-state index is 0.521. The lowest BCUT2D eigenvalue weighted by molar-refractivity contribution is 0.0745. The van der Waals surface area contributed by atoms with Gasteiger partial charge < -0.3 is 4.74 Å². The quantitative estimate of drug-likeness (QED) is 0.745. The molecule has 5 heteroatoms. The van der Waals surface area contributed by atoms with Gasteiger partial charge in [0.15, 0.2) is 0 Å². The summed E-state index contributed by atoms with van der Waals surface area (Å²) in [7, 11) is 0. The second kappa shape index (κ2) is 4.57. The maximum atomic E-state index is 5.34. The summed E-state index contributed by atoms with van der Waals surface area (Å²) in [5.74, 6) is 0.859. The molecule has 0 aliphatic heterocycles. The van der Waals surface area contributed by atoms with E-state index in [1.807, 2.05) is 11.5 Å². The van der Waals surface area contributed by atoms with Crippen LogP contribution in [0.15, 0.2) is 4.73 Å². The van der Waals surface area contributed by atoms with Crippen molar-refractivity contribution >= 4 is 15.9 Å². The molecule has 0 unspecified atom stereocenters. The molecule has 0 N–H and O–H groups in total. The number of aromatic nitrogens is 3. The molecule has 1 aromatic heterocycles. The lowest BCUT2D eigenvalue weighted by Crippen LogP contribution is -2.05. The predicted molar refractivity (Wildman–Crippen MR) is 48.7 cm³/mol. The average Bonchev–Trinajstić information content (AvgIpc) is 2.35. The van der Waals surface area contributed by atoms with Crippen LogP contribution < -0.4 is 0 Å². The fraction of sp³-hybridized carbons (Fsp3) is 0.714. The van der Waals surface area contributed by atoms with Crippen molar-refractivity contribution in [1.29, 1.82) is 0 Å². The van der Waals surface area contributed by atoms with Gasteiger partial charge in [-0.05, 0) is 29.3 Å². The van der Waals surface area contributed by atoms with E-state index < -0.39 is 0 Å². The van der Waals surface area contributed by atoms with Gasteiger partial charge in [-0.3, -0.25) is 4.57 Å². The summed E-state index contributed by atoms with van der Waals surface area (Å²) in [6.45, 7) is 5.26. The monoisotopic (exact) mass is 233 g/mol. The van der Waals surface area contributed by atoms with Gasteiger partial charge >= 0.3 is 0 Å². The standard InChI is InChI=1S/C7H12BrN3O/c1-3-4-12-5-11-6(2)9-10-7(11)8/h3-5H2,1-2H3. The normalized spacial score (nSPS) is 10.6. The SMILES string of the molecule is CCCOCn1c(C)nnc1Br. The van der Waals surface area contributed by atoms with Crippen LogP contribution in [0.4, 0.5) is 0 Å². The molecule has 0 bridgehead atoms. The molecule has 1 aromatic rings. The topological polar surface area (TPSA) is 39.9 Å². The Balaban J connectivity index is 2.50. The van der Waals surface area contributed by atoms with Gasteiger partial charge in [-0.2, -0.15) is 0 Å². The summed E-state index contributed by atoms with van der Waals surface area (Å²) in [4.78, 5) is 0. The molecule has 0 fully saturated rings. The molecule has 0 spiro atoms. The van der Waals surface area contributed by atoms with Crippen LogP contribution in [0.2, 0.25) is 0 Å². The summed E-state index contributed by atoms with van der Waals surface area (Å²) in [5, 5.41) is 7.73. The third-order valence-corrected chi connectivity index (χ3v) is 2.05. The Labute approximate surface area is 80.1 Å². The average molecular weight is 234 g/mol. The molecule has 0 saturated heterocycles. The van der Waals surface area contributed by atoms with Crippen LogP contribution in [0.1, 0.15) is 19.2 Å². The fourth-order valence-corrected chi connectivity index (χ4v) is 1.24. The molecule has 0 radical (unpaired) electrons. The fourth-order valence-electron chi connectivity index (χ4n) is 0.802. The smallest absolute Gasteiger partial charge is 0.202 e. The van der Waals surface area contributed by atoms with Crippen molar-refractivity contribution in [3.05, 3.63) is 10.6 Å². The molecule has 12 heavy (non-hydrogen) atoms. The van der Waals surface area contributed by atoms with Gasteiger partial charge in [0.25, 0.3) is 0 Å². The molecule has 0 amide bonds. The van der Waals surface area contributed by atoms with Crippen molar-refractivity contribution in [2.75, 3.05) is 6.61 Å². The number of nitrogens with zero attached hydrogens (tertiary/aromatic N) is 3. The first-order chi connectivity index (χ1) is 5.75. The van der Waals surface area contributed by atoms with Crippen molar-refractivity contribution in [3.8, 4) is 0 Å². The minimum absolute atomic E-state index is 0.521. The van der Waals surface area contributed by atoms with E-state index >= 15 is 0 Å². The summed E-state index contributed by atoms with van der Waals surface area (Å²) in [6.07, 6.45) is 1.03. The van der Waals surface area contributed by atoms with E-state index in [0.717, 1.165) is 23.6 Å². The maximum Gasteiger partial charge on any atom is 0.202 e. The van der Waals surface area contributed by atoms with E-state index in [0.29, 0.717) is 6.73 Å². The summed E-state index contributed by atoms with van der Waals surface area (Å²) >= 11 is 3.28. The van der Waals surface area contributed by atoms with Crippen LogP contribution in [0.5, 0.6) is 0 Å². The van der Waals surface area contributed by atoms with E-state index in [1.54, 1.807) is 0 Å². The van der Waals surface area contributed by atoms with E-state index in [9.17, 15) is 0 Å². The Bertz CT molecular complexity index is 229. The third kappa shape index (κ3) is 2.28. The zero-order valence-electron chi connectivity index (χ0n) is 7.25. The Morgan fingerprint density at radius 1 is 1.50 bits per heavy atom. The van der Waals surface area contributed by atoms with Gasteiger partial charge in [0.05, 0.1) is 0 Å². The van der Waals surface area contributed by atoms with Crippen molar-refractivity contribution < 1.29 is 4.74 Å². The molecule has 0 aromatic carbocycles. The molecule has 0 aliphatic rings. The second-order valence-electron chi connectivity index (χ2n) is 2.48. The van der Waals surface area contributed by atoms with E-state index in [1.165, 1.54) is 0 Å². The third-order valence-electron chi connectivity index (χ3n) is 1.46. The zero-order valence-corrected chi connectivity index (χ0v) is 8.84. The largest absolute Gasteiger partial charge is 0.361 e. The minimum Gasteiger partial charge on any atom is -0.361 e. The van der Waals surface area contributed by atoms with Crippen molar-refractivity contribution in [1.82, 2.24) is 14.8 Å². The number of halogens is 1. The van der Waals surface area contributed by atoms with Crippen molar-refractivity contribution in [2.24, 2.45) is 0 Å². The van der Waals surface area contributed by atoms with Crippen molar-refractivity contribution in [2.45, 2.75) is 27.0 Å². The van der Waals surface area contributed by atoms with Crippen LogP contribution in [-0.4, -0.2) is 21.4 Å². The lowest BCUT2D eigenvalue weighted by atomic mass is 10.5. The van der Waals surface area contributed by atoms with Gasteiger partial charge in [-0.1, -0.05) is 6.92 Å². The molecular formula is C7H12BrN3O.